The topological polar surface area (TPSA) is 78.3 Å². The molecule has 0 radical (unpaired) electrons. The van der Waals surface area contributed by atoms with Crippen molar-refractivity contribution in [3.8, 4) is 11.1 Å². The lowest BCUT2D eigenvalue weighted by Crippen LogP contribution is -2.29. The Kier molecular flexibility index (Phi) is 5.60. The molecule has 1 aliphatic heterocycles. The third-order valence-corrected chi connectivity index (χ3v) is 5.97. The van der Waals surface area contributed by atoms with Crippen molar-refractivity contribution in [3.05, 3.63) is 88.4 Å². The van der Waals surface area contributed by atoms with E-state index in [1.807, 2.05) is 36.4 Å². The number of H-pyrrole nitrogens is 1. The minimum Gasteiger partial charge on any atom is -0.408 e. The number of nitrogens with one attached hydrogen (secondary N) is 2. The van der Waals surface area contributed by atoms with E-state index in [0.717, 1.165) is 36.3 Å². The van der Waals surface area contributed by atoms with Crippen LogP contribution >= 0.6 is 0 Å². The fraction of sp³-hybridized carbons (Fsp3) is 0.231. The molecule has 0 spiro atoms. The molecule has 0 atom stereocenters. The normalized spacial score (nSPS) is 14.5. The molecule has 2 heterocycles. The van der Waals surface area contributed by atoms with Gasteiger partial charge in [0.2, 0.25) is 0 Å². The number of anilines is 1. The highest BCUT2D eigenvalue weighted by Gasteiger charge is 2.16. The quantitative estimate of drug-likeness (QED) is 0.468. The molecule has 5 rings (SSSR count). The standard InChI is InChI=1S/C26H25N3O3/c30-25(27-21-10-12-24-23(16-21)28-26(31)32-24)19-9-11-22(18-7-3-1-4-8-18)20(15-19)17-29-13-5-2-6-14-29/h1,3-4,7-12,15-16H,2,5-6,13-14,17H2,(H,27,30)(H,28,31). The minimum atomic E-state index is -0.512. The average molecular weight is 428 g/mol. The van der Waals surface area contributed by atoms with Crippen LogP contribution in [0.2, 0.25) is 0 Å². The molecule has 0 unspecified atom stereocenters. The molecular formula is C26H25N3O3. The van der Waals surface area contributed by atoms with Crippen LogP contribution in [0.4, 0.5) is 5.69 Å². The van der Waals surface area contributed by atoms with E-state index in [2.05, 4.69) is 27.3 Å². The summed E-state index contributed by atoms with van der Waals surface area (Å²) in [5, 5.41) is 2.93. The molecule has 3 aromatic carbocycles. The van der Waals surface area contributed by atoms with Crippen LogP contribution in [0.1, 0.15) is 35.2 Å². The van der Waals surface area contributed by atoms with E-state index in [1.54, 1.807) is 18.2 Å². The Hall–Kier alpha value is -3.64. The first kappa shape index (κ1) is 20.3. The zero-order valence-electron chi connectivity index (χ0n) is 17.8. The molecule has 32 heavy (non-hydrogen) atoms. The largest absolute Gasteiger partial charge is 0.417 e. The number of fused-ring (bicyclic) bond motifs is 1. The van der Waals surface area contributed by atoms with Crippen molar-refractivity contribution >= 4 is 22.7 Å². The van der Waals surface area contributed by atoms with Crippen molar-refractivity contribution in [2.75, 3.05) is 18.4 Å². The number of hydrogen-bond acceptors (Lipinski definition) is 4. The summed E-state index contributed by atoms with van der Waals surface area (Å²) in [6.45, 7) is 3.01. The monoisotopic (exact) mass is 427 g/mol. The minimum absolute atomic E-state index is 0.185. The molecule has 1 amide bonds. The molecule has 4 aromatic rings. The Labute approximate surface area is 185 Å². The third-order valence-electron chi connectivity index (χ3n) is 5.97. The van der Waals surface area contributed by atoms with E-state index in [4.69, 9.17) is 4.42 Å². The SMILES string of the molecule is O=C(Nc1ccc2oc(=O)[nH]c2c1)c1ccc(-c2ccccc2)c(CN2CCCCC2)c1. The van der Waals surface area contributed by atoms with Crippen LogP contribution in [-0.4, -0.2) is 28.9 Å². The molecule has 162 valence electrons. The molecule has 1 aliphatic rings. The second kappa shape index (κ2) is 8.85. The summed E-state index contributed by atoms with van der Waals surface area (Å²) in [5.41, 5.74) is 5.69. The van der Waals surface area contributed by atoms with Gasteiger partial charge in [-0.1, -0.05) is 42.8 Å². The molecule has 1 saturated heterocycles. The van der Waals surface area contributed by atoms with Crippen molar-refractivity contribution in [2.45, 2.75) is 25.8 Å². The molecular weight excluding hydrogens is 402 g/mol. The van der Waals surface area contributed by atoms with Gasteiger partial charge in [0.15, 0.2) is 5.58 Å². The molecule has 1 aromatic heterocycles. The summed E-state index contributed by atoms with van der Waals surface area (Å²) in [6.07, 6.45) is 3.73. The number of amides is 1. The van der Waals surface area contributed by atoms with Gasteiger partial charge in [-0.25, -0.2) is 4.79 Å². The highest BCUT2D eigenvalue weighted by Crippen LogP contribution is 2.27. The number of benzene rings is 3. The van der Waals surface area contributed by atoms with Crippen molar-refractivity contribution in [1.29, 1.82) is 0 Å². The molecule has 0 aliphatic carbocycles. The van der Waals surface area contributed by atoms with Crippen LogP contribution < -0.4 is 11.1 Å². The van der Waals surface area contributed by atoms with Gasteiger partial charge in [0.25, 0.3) is 5.91 Å². The maximum Gasteiger partial charge on any atom is 0.417 e. The Balaban J connectivity index is 1.43. The van der Waals surface area contributed by atoms with Crippen LogP contribution in [0.25, 0.3) is 22.2 Å². The number of oxazole rings is 1. The Bertz CT molecular complexity index is 1300. The fourth-order valence-corrected chi connectivity index (χ4v) is 4.36. The number of aromatic amines is 1. The van der Waals surface area contributed by atoms with Crippen LogP contribution in [0.15, 0.2) is 75.9 Å². The molecule has 6 heteroatoms. The number of carbonyl (C=O) groups excluding carboxylic acids is 1. The summed E-state index contributed by atoms with van der Waals surface area (Å²) >= 11 is 0. The van der Waals surface area contributed by atoms with Crippen LogP contribution in [0.5, 0.6) is 0 Å². The summed E-state index contributed by atoms with van der Waals surface area (Å²) in [4.78, 5) is 29.5. The Morgan fingerprint density at radius 1 is 0.969 bits per heavy atom. The van der Waals surface area contributed by atoms with Gasteiger partial charge < -0.3 is 9.73 Å². The summed E-state index contributed by atoms with van der Waals surface area (Å²) in [6, 6.07) is 21.3. The maximum atomic E-state index is 13.0. The predicted molar refractivity (Wildman–Crippen MR) is 126 cm³/mol. The average Bonchev–Trinajstić information content (AvgIpc) is 3.19. The van der Waals surface area contributed by atoms with E-state index in [9.17, 15) is 9.59 Å². The van der Waals surface area contributed by atoms with Gasteiger partial charge in [-0.3, -0.25) is 14.7 Å². The molecule has 6 nitrogen and oxygen atoms in total. The highest BCUT2D eigenvalue weighted by molar-refractivity contribution is 6.05. The summed E-state index contributed by atoms with van der Waals surface area (Å²) in [7, 11) is 0. The van der Waals surface area contributed by atoms with Gasteiger partial charge in [0.1, 0.15) is 0 Å². The number of aromatic nitrogens is 1. The van der Waals surface area contributed by atoms with Gasteiger partial charge in [-0.2, -0.15) is 0 Å². The number of rotatable bonds is 5. The molecule has 2 N–H and O–H groups in total. The zero-order chi connectivity index (χ0) is 21.9. The Morgan fingerprint density at radius 2 is 1.78 bits per heavy atom. The van der Waals surface area contributed by atoms with Gasteiger partial charge in [0.05, 0.1) is 5.52 Å². The van der Waals surface area contributed by atoms with Crippen molar-refractivity contribution in [3.63, 3.8) is 0 Å². The van der Waals surface area contributed by atoms with Gasteiger partial charge in [-0.05, 0) is 73.0 Å². The van der Waals surface area contributed by atoms with Crippen LogP contribution in [-0.2, 0) is 6.54 Å². The summed E-state index contributed by atoms with van der Waals surface area (Å²) < 4.78 is 5.03. The zero-order valence-corrected chi connectivity index (χ0v) is 17.8. The van der Waals surface area contributed by atoms with Crippen molar-refractivity contribution in [2.24, 2.45) is 0 Å². The number of hydrogen-bond donors (Lipinski definition) is 2. The van der Waals surface area contributed by atoms with Gasteiger partial charge in [-0.15, -0.1) is 0 Å². The van der Waals surface area contributed by atoms with E-state index < -0.39 is 5.76 Å². The fourth-order valence-electron chi connectivity index (χ4n) is 4.36. The number of likely N-dealkylation sites (tertiary alicyclic amines) is 1. The first-order valence-corrected chi connectivity index (χ1v) is 11.0. The molecule has 1 fully saturated rings. The number of piperidine rings is 1. The molecule has 0 saturated carbocycles. The van der Waals surface area contributed by atoms with Gasteiger partial charge in [0, 0.05) is 17.8 Å². The second-order valence-electron chi connectivity index (χ2n) is 8.25. The van der Waals surface area contributed by atoms with E-state index >= 15 is 0 Å². The Morgan fingerprint density at radius 3 is 2.59 bits per heavy atom. The first-order chi connectivity index (χ1) is 15.7. The lowest BCUT2D eigenvalue weighted by atomic mass is 9.96. The van der Waals surface area contributed by atoms with Crippen molar-refractivity contribution < 1.29 is 9.21 Å². The predicted octanol–water partition coefficient (Wildman–Crippen LogP) is 5.03. The number of nitrogens with zero attached hydrogens (tertiary/aromatic N) is 1. The second-order valence-corrected chi connectivity index (χ2v) is 8.25. The van der Waals surface area contributed by atoms with E-state index in [1.165, 1.54) is 19.3 Å². The lowest BCUT2D eigenvalue weighted by Gasteiger charge is -2.27. The van der Waals surface area contributed by atoms with Gasteiger partial charge >= 0.3 is 5.76 Å². The van der Waals surface area contributed by atoms with Crippen LogP contribution in [0.3, 0.4) is 0 Å². The van der Waals surface area contributed by atoms with Crippen molar-refractivity contribution in [1.82, 2.24) is 9.88 Å². The highest BCUT2D eigenvalue weighted by atomic mass is 16.4. The van der Waals surface area contributed by atoms with E-state index in [-0.39, 0.29) is 5.91 Å². The number of carbonyl (C=O) groups is 1. The van der Waals surface area contributed by atoms with Crippen LogP contribution in [0, 0.1) is 0 Å². The lowest BCUT2D eigenvalue weighted by molar-refractivity contribution is 0.102. The summed E-state index contributed by atoms with van der Waals surface area (Å²) in [5.74, 6) is -0.697. The smallest absolute Gasteiger partial charge is 0.408 e. The molecule has 0 bridgehead atoms. The maximum absolute atomic E-state index is 13.0. The third kappa shape index (κ3) is 4.36. The van der Waals surface area contributed by atoms with E-state index in [0.29, 0.717) is 22.4 Å². The first-order valence-electron chi connectivity index (χ1n) is 11.0.